The van der Waals surface area contributed by atoms with Crippen LogP contribution in [0.5, 0.6) is 0 Å². The molecule has 0 bridgehead atoms. The average molecular weight is 153 g/mol. The predicted octanol–water partition coefficient (Wildman–Crippen LogP) is 1.02. The molecule has 0 aromatic carbocycles. The second-order valence-electron chi connectivity index (χ2n) is 4.49. The van der Waals surface area contributed by atoms with Crippen molar-refractivity contribution in [3.8, 4) is 0 Å². The number of rotatable bonds is 0. The summed E-state index contributed by atoms with van der Waals surface area (Å²) >= 11 is 0. The predicted molar refractivity (Wildman–Crippen MR) is 46.2 cm³/mol. The molecule has 0 aromatic rings. The first kappa shape index (κ1) is 7.60. The molecule has 1 aliphatic carbocycles. The number of likely N-dealkylation sites (tertiary alicyclic amines) is 1. The van der Waals surface area contributed by atoms with Crippen LogP contribution in [-0.2, 0) is 0 Å². The van der Waals surface area contributed by atoms with Crippen LogP contribution in [0.4, 0.5) is 0 Å². The number of hydrogen-bond acceptors (Lipinski definition) is 0. The smallest absolute Gasteiger partial charge is 0.0587 e. The van der Waals surface area contributed by atoms with Gasteiger partial charge < -0.3 is 4.90 Å². The molecule has 1 unspecified atom stereocenters. The lowest BCUT2D eigenvalue weighted by atomic mass is 9.79. The van der Waals surface area contributed by atoms with Gasteiger partial charge >= 0.3 is 0 Å². The molecule has 1 N–H and O–H groups in total. The summed E-state index contributed by atoms with van der Waals surface area (Å²) in [4.78, 5) is 1.53. The fourth-order valence-corrected chi connectivity index (χ4v) is 2.97. The monoisotopic (exact) mass is 153 g/mol. The Bertz CT molecular complexity index is 136. The van der Waals surface area contributed by atoms with Crippen LogP contribution >= 0.6 is 0 Å². The first-order valence-corrected chi connectivity index (χ1v) is 4.97. The zero-order valence-corrected chi connectivity index (χ0v) is 7.36. The Morgan fingerprint density at radius 3 is 2.27 bits per heavy atom. The van der Waals surface area contributed by atoms with E-state index in [0.29, 0.717) is 0 Å². The molecule has 1 heteroatoms. The molecule has 1 aliphatic heterocycles. The van der Waals surface area contributed by atoms with E-state index in [4.69, 9.17) is 0 Å². The minimum atomic E-state index is 0.745. The van der Waals surface area contributed by atoms with E-state index in [1.807, 2.05) is 0 Å². The highest BCUT2D eigenvalue weighted by Crippen LogP contribution is 2.41. The van der Waals surface area contributed by atoms with Gasteiger partial charge in [-0.05, 0) is 25.7 Å². The first-order chi connectivity index (χ1) is 5.31. The molecule has 2 rings (SSSR count). The molecule has 2 aliphatic rings. The summed E-state index contributed by atoms with van der Waals surface area (Å²) in [6.45, 7) is 2.66. The number of piperidine rings is 1. The van der Waals surface area contributed by atoms with Crippen LogP contribution in [0.1, 0.15) is 38.5 Å². The van der Waals surface area contributed by atoms with Gasteiger partial charge in [0.15, 0.2) is 0 Å². The third kappa shape index (κ3) is 1.44. The van der Waals surface area contributed by atoms with Gasteiger partial charge in [0.05, 0.1) is 13.1 Å². The Morgan fingerprint density at radius 1 is 1.00 bits per heavy atom. The molecule has 1 nitrogen and oxygen atoms in total. The van der Waals surface area contributed by atoms with Crippen LogP contribution in [0.2, 0.25) is 0 Å². The molecule has 1 saturated heterocycles. The SMILES string of the molecule is [CH2-][NH+]1CCCC2(CCCC2)C1. The zero-order valence-electron chi connectivity index (χ0n) is 7.36. The van der Waals surface area contributed by atoms with Gasteiger partial charge in [-0.15, -0.1) is 0 Å². The van der Waals surface area contributed by atoms with Gasteiger partial charge in [0.2, 0.25) is 0 Å². The molecule has 1 atom stereocenters. The van der Waals surface area contributed by atoms with E-state index >= 15 is 0 Å². The summed E-state index contributed by atoms with van der Waals surface area (Å²) in [5.41, 5.74) is 0.745. The van der Waals surface area contributed by atoms with Gasteiger partial charge in [-0.3, -0.25) is 0 Å². The van der Waals surface area contributed by atoms with E-state index in [0.717, 1.165) is 5.41 Å². The van der Waals surface area contributed by atoms with Crippen molar-refractivity contribution >= 4 is 0 Å². The van der Waals surface area contributed by atoms with Crippen LogP contribution in [0.25, 0.3) is 0 Å². The summed E-state index contributed by atoms with van der Waals surface area (Å²) in [5, 5.41) is 0. The van der Waals surface area contributed by atoms with E-state index in [-0.39, 0.29) is 0 Å². The average Bonchev–Trinajstić information content (AvgIpc) is 2.37. The fourth-order valence-electron chi connectivity index (χ4n) is 2.97. The quantitative estimate of drug-likeness (QED) is 0.496. The second kappa shape index (κ2) is 2.78. The summed E-state index contributed by atoms with van der Waals surface area (Å²) < 4.78 is 0. The number of nitrogens with one attached hydrogen (secondary N) is 1. The van der Waals surface area contributed by atoms with Gasteiger partial charge in [-0.1, -0.05) is 12.8 Å². The molecule has 0 amide bonds. The van der Waals surface area contributed by atoms with Crippen LogP contribution in [0.15, 0.2) is 0 Å². The van der Waals surface area contributed by atoms with E-state index in [1.54, 1.807) is 0 Å². The summed E-state index contributed by atoms with van der Waals surface area (Å²) in [7, 11) is 4.13. The molecular weight excluding hydrogens is 134 g/mol. The Labute approximate surface area is 69.8 Å². The highest BCUT2D eigenvalue weighted by molar-refractivity contribution is 4.85. The van der Waals surface area contributed by atoms with Crippen molar-refractivity contribution in [2.45, 2.75) is 38.5 Å². The van der Waals surface area contributed by atoms with Crippen LogP contribution in [-0.4, -0.2) is 13.1 Å². The van der Waals surface area contributed by atoms with Crippen LogP contribution < -0.4 is 4.90 Å². The Balaban J connectivity index is 2.00. The lowest BCUT2D eigenvalue weighted by molar-refractivity contribution is -0.868. The second-order valence-corrected chi connectivity index (χ2v) is 4.49. The van der Waals surface area contributed by atoms with Crippen molar-refractivity contribution in [3.05, 3.63) is 7.05 Å². The van der Waals surface area contributed by atoms with Crippen molar-refractivity contribution in [2.75, 3.05) is 13.1 Å². The maximum atomic E-state index is 4.13. The third-order valence-corrected chi connectivity index (χ3v) is 3.53. The van der Waals surface area contributed by atoms with Crippen molar-refractivity contribution in [1.29, 1.82) is 0 Å². The van der Waals surface area contributed by atoms with Gasteiger partial charge in [-0.25, -0.2) is 0 Å². The van der Waals surface area contributed by atoms with E-state index in [9.17, 15) is 0 Å². The highest BCUT2D eigenvalue weighted by atomic mass is 15.1. The Kier molecular flexibility index (Phi) is 1.92. The summed E-state index contributed by atoms with van der Waals surface area (Å²) in [6, 6.07) is 0. The third-order valence-electron chi connectivity index (χ3n) is 3.53. The molecule has 1 spiro atoms. The summed E-state index contributed by atoms with van der Waals surface area (Å²) in [5.74, 6) is 0. The minimum Gasteiger partial charge on any atom is -0.467 e. The minimum absolute atomic E-state index is 0.745. The highest BCUT2D eigenvalue weighted by Gasteiger charge is 2.37. The maximum absolute atomic E-state index is 4.13. The van der Waals surface area contributed by atoms with Crippen molar-refractivity contribution in [2.24, 2.45) is 5.41 Å². The van der Waals surface area contributed by atoms with Gasteiger partial charge in [0.25, 0.3) is 0 Å². The lowest BCUT2D eigenvalue weighted by Gasteiger charge is -2.39. The topological polar surface area (TPSA) is 4.44 Å². The summed E-state index contributed by atoms with van der Waals surface area (Å²) in [6.07, 6.45) is 8.85. The molecule has 11 heavy (non-hydrogen) atoms. The fraction of sp³-hybridized carbons (Fsp3) is 0.900. The van der Waals surface area contributed by atoms with Crippen LogP contribution in [0.3, 0.4) is 0 Å². The first-order valence-electron chi connectivity index (χ1n) is 4.97. The largest absolute Gasteiger partial charge is 0.467 e. The van der Waals surface area contributed by atoms with E-state index < -0.39 is 0 Å². The molecular formula is C10H19N. The zero-order chi connectivity index (χ0) is 7.73. The van der Waals surface area contributed by atoms with Crippen molar-refractivity contribution in [3.63, 3.8) is 0 Å². The van der Waals surface area contributed by atoms with Gasteiger partial charge in [0, 0.05) is 5.41 Å². The van der Waals surface area contributed by atoms with Crippen molar-refractivity contribution < 1.29 is 4.90 Å². The van der Waals surface area contributed by atoms with E-state index in [1.165, 1.54) is 56.5 Å². The lowest BCUT2D eigenvalue weighted by Crippen LogP contribution is -3.09. The normalized spacial score (nSPS) is 36.3. The number of quaternary nitrogens is 1. The molecule has 2 fully saturated rings. The molecule has 0 aromatic heterocycles. The van der Waals surface area contributed by atoms with Crippen LogP contribution in [0, 0.1) is 12.5 Å². The molecule has 1 saturated carbocycles. The maximum Gasteiger partial charge on any atom is 0.0587 e. The Hall–Kier alpha value is -0.0400. The Morgan fingerprint density at radius 2 is 1.64 bits per heavy atom. The van der Waals surface area contributed by atoms with E-state index in [2.05, 4.69) is 7.05 Å². The number of hydrogen-bond donors (Lipinski definition) is 1. The van der Waals surface area contributed by atoms with Gasteiger partial charge in [-0.2, -0.15) is 7.05 Å². The van der Waals surface area contributed by atoms with Gasteiger partial charge in [0.1, 0.15) is 0 Å². The van der Waals surface area contributed by atoms with Crippen molar-refractivity contribution in [1.82, 2.24) is 0 Å². The standard InChI is InChI=1S/C10H19N/c1-11-8-4-7-10(9-11)5-2-3-6-10/h11H,1-9H2. The molecule has 1 heterocycles. The molecule has 64 valence electrons. The molecule has 0 radical (unpaired) electrons.